The summed E-state index contributed by atoms with van der Waals surface area (Å²) in [6.45, 7) is 2.81. The van der Waals surface area contributed by atoms with E-state index in [-0.39, 0.29) is 30.0 Å². The van der Waals surface area contributed by atoms with Crippen LogP contribution in [0, 0.1) is 0 Å². The van der Waals surface area contributed by atoms with E-state index in [9.17, 15) is 20.1 Å². The van der Waals surface area contributed by atoms with Crippen molar-refractivity contribution in [3.8, 4) is 11.5 Å². The van der Waals surface area contributed by atoms with Gasteiger partial charge in [-0.15, -0.1) is 11.8 Å². The summed E-state index contributed by atoms with van der Waals surface area (Å²) in [5.74, 6) is -0.190. The van der Waals surface area contributed by atoms with E-state index in [1.165, 1.54) is 18.2 Å². The molecule has 1 amide bonds. The van der Waals surface area contributed by atoms with Gasteiger partial charge in [0.2, 0.25) is 5.91 Å². The molecule has 3 rings (SSSR count). The van der Waals surface area contributed by atoms with E-state index in [1.54, 1.807) is 11.8 Å². The highest BCUT2D eigenvalue weighted by Crippen LogP contribution is 2.24. The van der Waals surface area contributed by atoms with Gasteiger partial charge in [0.05, 0.1) is 12.5 Å². The van der Waals surface area contributed by atoms with Crippen LogP contribution in [0.15, 0.2) is 71.6 Å². The summed E-state index contributed by atoms with van der Waals surface area (Å²) in [5, 5.41) is 35.9. The van der Waals surface area contributed by atoms with Crippen LogP contribution < -0.4 is 10.6 Å². The third kappa shape index (κ3) is 7.80. The highest BCUT2D eigenvalue weighted by molar-refractivity contribution is 7.98. The number of rotatable bonds is 11. The van der Waals surface area contributed by atoms with E-state index in [0.29, 0.717) is 18.5 Å². The molecule has 6 nitrogen and oxygen atoms in total. The minimum atomic E-state index is -0.855. The van der Waals surface area contributed by atoms with Crippen LogP contribution >= 0.6 is 11.8 Å². The van der Waals surface area contributed by atoms with E-state index < -0.39 is 6.10 Å². The van der Waals surface area contributed by atoms with Crippen molar-refractivity contribution in [3.63, 3.8) is 0 Å². The molecule has 0 radical (unpaired) electrons. The molecule has 0 saturated heterocycles. The minimum Gasteiger partial charge on any atom is -0.508 e. The van der Waals surface area contributed by atoms with E-state index in [1.807, 2.05) is 55.6 Å². The Kier molecular flexibility index (Phi) is 9.39. The van der Waals surface area contributed by atoms with Crippen LogP contribution in [0.25, 0.3) is 0 Å². The first kappa shape index (κ1) is 25.6. The SMILES string of the molecule is CSc1ccccc1CNC(=O)Cc1cccc(CC(C)NCC(O)c2cc(O)cc(O)c2)c1. The number of phenols is 2. The maximum atomic E-state index is 12.5. The Hall–Kier alpha value is -3.00. The lowest BCUT2D eigenvalue weighted by Crippen LogP contribution is -2.32. The van der Waals surface area contributed by atoms with Crippen LogP contribution in [-0.2, 0) is 24.2 Å². The van der Waals surface area contributed by atoms with Crippen LogP contribution in [0.1, 0.15) is 35.3 Å². The van der Waals surface area contributed by atoms with Crippen molar-refractivity contribution < 1.29 is 20.1 Å². The van der Waals surface area contributed by atoms with Crippen molar-refractivity contribution in [1.82, 2.24) is 10.6 Å². The number of aliphatic hydroxyl groups is 1. The Labute approximate surface area is 205 Å². The summed E-state index contributed by atoms with van der Waals surface area (Å²) in [6, 6.07) is 20.2. The minimum absolute atomic E-state index is 0.0169. The van der Waals surface area contributed by atoms with Gasteiger partial charge < -0.3 is 26.0 Å². The molecule has 0 aliphatic carbocycles. The van der Waals surface area contributed by atoms with E-state index in [4.69, 9.17) is 0 Å². The molecule has 0 fully saturated rings. The summed E-state index contributed by atoms with van der Waals surface area (Å²) >= 11 is 1.67. The first-order valence-corrected chi connectivity index (χ1v) is 12.5. The number of amides is 1. The molecule has 3 aromatic rings. The van der Waals surface area contributed by atoms with Gasteiger partial charge in [-0.1, -0.05) is 42.5 Å². The van der Waals surface area contributed by atoms with Crippen LogP contribution in [0.5, 0.6) is 11.5 Å². The first-order chi connectivity index (χ1) is 16.3. The average molecular weight is 481 g/mol. The number of hydrogen-bond donors (Lipinski definition) is 5. The number of carbonyl (C=O) groups excluding carboxylic acids is 1. The molecule has 0 aliphatic rings. The van der Waals surface area contributed by atoms with Crippen LogP contribution in [0.2, 0.25) is 0 Å². The molecule has 5 N–H and O–H groups in total. The maximum Gasteiger partial charge on any atom is 0.224 e. The fraction of sp³-hybridized carbons (Fsp3) is 0.296. The normalized spacial score (nSPS) is 12.8. The average Bonchev–Trinajstić information content (AvgIpc) is 2.81. The van der Waals surface area contributed by atoms with Gasteiger partial charge in [0, 0.05) is 30.1 Å². The second-order valence-corrected chi connectivity index (χ2v) is 9.25. The largest absolute Gasteiger partial charge is 0.508 e. The Morgan fingerprint density at radius 3 is 2.41 bits per heavy atom. The molecule has 7 heteroatoms. The first-order valence-electron chi connectivity index (χ1n) is 11.2. The summed E-state index contributed by atoms with van der Waals surface area (Å²) in [6.07, 6.45) is 2.22. The lowest BCUT2D eigenvalue weighted by molar-refractivity contribution is -0.120. The Balaban J connectivity index is 1.49. The molecule has 2 atom stereocenters. The van der Waals surface area contributed by atoms with Crippen molar-refractivity contribution in [3.05, 3.63) is 89.0 Å². The summed E-state index contributed by atoms with van der Waals surface area (Å²) in [5.41, 5.74) is 3.61. The standard InChI is InChI=1S/C27H32N2O4S/c1-18(28-17-25(32)22-13-23(30)15-24(31)14-22)10-19-6-5-7-20(11-19)12-27(33)29-16-21-8-3-4-9-26(21)34-2/h3-9,11,13-15,18,25,28,30-32H,10,12,16-17H2,1-2H3,(H,29,33). The van der Waals surface area contributed by atoms with Crippen molar-refractivity contribution in [1.29, 1.82) is 0 Å². The van der Waals surface area contributed by atoms with Gasteiger partial charge in [0.15, 0.2) is 0 Å². The Morgan fingerprint density at radius 1 is 0.971 bits per heavy atom. The fourth-order valence-corrected chi connectivity index (χ4v) is 4.44. The van der Waals surface area contributed by atoms with Crippen molar-refractivity contribution >= 4 is 17.7 Å². The van der Waals surface area contributed by atoms with Gasteiger partial charge in [0.25, 0.3) is 0 Å². The number of aliphatic hydroxyl groups excluding tert-OH is 1. The number of carbonyl (C=O) groups is 1. The van der Waals surface area contributed by atoms with Gasteiger partial charge in [-0.05, 0) is 60.1 Å². The highest BCUT2D eigenvalue weighted by Gasteiger charge is 2.13. The Bertz CT molecular complexity index is 1090. The number of nitrogens with one attached hydrogen (secondary N) is 2. The number of aromatic hydroxyl groups is 2. The zero-order valence-electron chi connectivity index (χ0n) is 19.5. The van der Waals surface area contributed by atoms with Crippen LogP contribution in [-0.4, -0.2) is 40.1 Å². The van der Waals surface area contributed by atoms with Gasteiger partial charge >= 0.3 is 0 Å². The molecule has 0 spiro atoms. The summed E-state index contributed by atoms with van der Waals surface area (Å²) in [7, 11) is 0. The van der Waals surface area contributed by atoms with Crippen molar-refractivity contribution in [2.24, 2.45) is 0 Å². The smallest absolute Gasteiger partial charge is 0.224 e. The van der Waals surface area contributed by atoms with E-state index in [2.05, 4.69) is 16.7 Å². The highest BCUT2D eigenvalue weighted by atomic mass is 32.2. The van der Waals surface area contributed by atoms with Gasteiger partial charge in [-0.25, -0.2) is 0 Å². The lowest BCUT2D eigenvalue weighted by atomic mass is 10.0. The fourth-order valence-electron chi connectivity index (χ4n) is 3.82. The Morgan fingerprint density at radius 2 is 1.68 bits per heavy atom. The molecular formula is C27H32N2O4S. The molecule has 0 bridgehead atoms. The summed E-state index contributed by atoms with van der Waals surface area (Å²) < 4.78 is 0. The summed E-state index contributed by atoms with van der Waals surface area (Å²) in [4.78, 5) is 13.6. The predicted molar refractivity (Wildman–Crippen MR) is 136 cm³/mol. The molecule has 34 heavy (non-hydrogen) atoms. The van der Waals surface area contributed by atoms with E-state index in [0.717, 1.165) is 28.0 Å². The second kappa shape index (κ2) is 12.5. The molecule has 0 saturated carbocycles. The number of benzene rings is 3. The predicted octanol–water partition coefficient (Wildman–Crippen LogP) is 3.93. The zero-order chi connectivity index (χ0) is 24.5. The zero-order valence-corrected chi connectivity index (χ0v) is 20.3. The quantitative estimate of drug-likeness (QED) is 0.267. The molecule has 0 aromatic heterocycles. The molecule has 3 aromatic carbocycles. The number of thioether (sulfide) groups is 1. The van der Waals surface area contributed by atoms with Gasteiger partial charge in [-0.2, -0.15) is 0 Å². The monoisotopic (exact) mass is 480 g/mol. The van der Waals surface area contributed by atoms with Crippen molar-refractivity contribution in [2.45, 2.75) is 43.4 Å². The molecule has 0 heterocycles. The maximum absolute atomic E-state index is 12.5. The molecular weight excluding hydrogens is 448 g/mol. The lowest BCUT2D eigenvalue weighted by Gasteiger charge is -2.18. The van der Waals surface area contributed by atoms with Gasteiger partial charge in [0.1, 0.15) is 11.5 Å². The van der Waals surface area contributed by atoms with E-state index >= 15 is 0 Å². The van der Waals surface area contributed by atoms with Crippen LogP contribution in [0.4, 0.5) is 0 Å². The third-order valence-electron chi connectivity index (χ3n) is 5.54. The molecule has 2 unspecified atom stereocenters. The topological polar surface area (TPSA) is 102 Å². The third-order valence-corrected chi connectivity index (χ3v) is 6.37. The van der Waals surface area contributed by atoms with Crippen molar-refractivity contribution in [2.75, 3.05) is 12.8 Å². The molecule has 0 aliphatic heterocycles. The number of phenolic OH excluding ortho intramolecular Hbond substituents is 2. The number of hydrogen-bond acceptors (Lipinski definition) is 6. The second-order valence-electron chi connectivity index (χ2n) is 8.40. The van der Waals surface area contributed by atoms with Crippen LogP contribution in [0.3, 0.4) is 0 Å². The van der Waals surface area contributed by atoms with Gasteiger partial charge in [-0.3, -0.25) is 4.79 Å². The molecule has 180 valence electrons.